The first kappa shape index (κ1) is 27.0. The zero-order valence-electron chi connectivity index (χ0n) is 22.4. The highest BCUT2D eigenvalue weighted by atomic mass is 16.2. The Morgan fingerprint density at radius 2 is 1.72 bits per heavy atom. The molecule has 7 nitrogen and oxygen atoms in total. The van der Waals surface area contributed by atoms with Crippen LogP contribution in [-0.2, 0) is 10.2 Å². The summed E-state index contributed by atoms with van der Waals surface area (Å²) in [7, 11) is 0. The van der Waals surface area contributed by atoms with E-state index in [1.54, 1.807) is 9.58 Å². The lowest BCUT2D eigenvalue weighted by Crippen LogP contribution is -2.41. The SMILES string of the molecule is CCCCCN(CC(=O)Nc1cc(C(C)(C)C)nn1-c1cccc(C)c1)C(=O)Nc1ccccc1C. The van der Waals surface area contributed by atoms with Crippen molar-refractivity contribution in [1.29, 1.82) is 0 Å². The zero-order valence-corrected chi connectivity index (χ0v) is 22.4. The molecular formula is C29H39N5O2. The highest BCUT2D eigenvalue weighted by Gasteiger charge is 2.23. The van der Waals surface area contributed by atoms with E-state index in [-0.39, 0.29) is 23.9 Å². The molecule has 0 saturated heterocycles. The maximum atomic E-state index is 13.2. The quantitative estimate of drug-likeness (QED) is 0.339. The van der Waals surface area contributed by atoms with Crippen LogP contribution in [0.25, 0.3) is 5.69 Å². The molecule has 36 heavy (non-hydrogen) atoms. The number of para-hydroxylation sites is 1. The van der Waals surface area contributed by atoms with Crippen molar-refractivity contribution in [1.82, 2.24) is 14.7 Å². The van der Waals surface area contributed by atoms with E-state index >= 15 is 0 Å². The molecule has 2 N–H and O–H groups in total. The first-order valence-electron chi connectivity index (χ1n) is 12.7. The molecule has 1 heterocycles. The Balaban J connectivity index is 1.81. The van der Waals surface area contributed by atoms with Crippen LogP contribution in [-0.4, -0.2) is 39.7 Å². The van der Waals surface area contributed by atoms with Crippen LogP contribution >= 0.6 is 0 Å². The van der Waals surface area contributed by atoms with Gasteiger partial charge in [0.25, 0.3) is 0 Å². The summed E-state index contributed by atoms with van der Waals surface area (Å²) in [5.74, 6) is 0.323. The standard InChI is InChI=1S/C29H39N5O2/c1-7-8-11-17-33(28(36)30-24-16-10-9-14-22(24)3)20-27(35)31-26-19-25(29(4,5)6)32-34(26)23-15-12-13-21(2)18-23/h9-10,12-16,18-19H,7-8,11,17,20H2,1-6H3,(H,30,36)(H,31,35). The second-order valence-electron chi connectivity index (χ2n) is 10.3. The molecule has 7 heteroatoms. The molecule has 0 aliphatic heterocycles. The number of unbranched alkanes of at least 4 members (excludes halogenated alkanes) is 2. The van der Waals surface area contributed by atoms with Crippen molar-refractivity contribution in [2.75, 3.05) is 23.7 Å². The van der Waals surface area contributed by atoms with Crippen molar-refractivity contribution in [2.45, 2.75) is 66.2 Å². The molecule has 3 aromatic rings. The van der Waals surface area contributed by atoms with Gasteiger partial charge in [0.1, 0.15) is 12.4 Å². The average Bonchev–Trinajstić information content (AvgIpc) is 3.24. The number of nitrogens with one attached hydrogen (secondary N) is 2. The summed E-state index contributed by atoms with van der Waals surface area (Å²) in [4.78, 5) is 27.9. The van der Waals surface area contributed by atoms with Gasteiger partial charge in [0, 0.05) is 23.7 Å². The van der Waals surface area contributed by atoms with Crippen LogP contribution in [0.15, 0.2) is 54.6 Å². The van der Waals surface area contributed by atoms with Crippen LogP contribution in [0.5, 0.6) is 0 Å². The molecule has 0 atom stereocenters. The number of benzene rings is 2. The molecule has 2 aromatic carbocycles. The Kier molecular flexibility index (Phi) is 8.91. The Morgan fingerprint density at radius 3 is 2.39 bits per heavy atom. The van der Waals surface area contributed by atoms with Crippen LogP contribution in [0.3, 0.4) is 0 Å². The summed E-state index contributed by atoms with van der Waals surface area (Å²) in [6.07, 6.45) is 2.86. The molecule has 0 unspecified atom stereocenters. The van der Waals surface area contributed by atoms with E-state index < -0.39 is 0 Å². The van der Waals surface area contributed by atoms with E-state index in [9.17, 15) is 9.59 Å². The molecule has 0 radical (unpaired) electrons. The summed E-state index contributed by atoms with van der Waals surface area (Å²) in [5, 5.41) is 10.8. The second kappa shape index (κ2) is 11.9. The summed E-state index contributed by atoms with van der Waals surface area (Å²) < 4.78 is 1.76. The molecule has 0 bridgehead atoms. The molecule has 192 valence electrons. The van der Waals surface area contributed by atoms with Crippen LogP contribution in [0.2, 0.25) is 0 Å². The minimum Gasteiger partial charge on any atom is -0.315 e. The molecule has 0 saturated carbocycles. The number of amides is 3. The smallest absolute Gasteiger partial charge is 0.315 e. The minimum absolute atomic E-state index is 0.0503. The fourth-order valence-corrected chi connectivity index (χ4v) is 3.86. The van der Waals surface area contributed by atoms with Crippen LogP contribution in [0.4, 0.5) is 16.3 Å². The van der Waals surface area contributed by atoms with Crippen molar-refractivity contribution >= 4 is 23.4 Å². The van der Waals surface area contributed by atoms with Crippen LogP contribution in [0.1, 0.15) is 63.8 Å². The van der Waals surface area contributed by atoms with Crippen molar-refractivity contribution in [2.24, 2.45) is 0 Å². The van der Waals surface area contributed by atoms with Gasteiger partial charge in [0.15, 0.2) is 0 Å². The van der Waals surface area contributed by atoms with Crippen molar-refractivity contribution in [3.05, 3.63) is 71.4 Å². The topological polar surface area (TPSA) is 79.3 Å². The highest BCUT2D eigenvalue weighted by Crippen LogP contribution is 2.26. The fraction of sp³-hybridized carbons (Fsp3) is 0.414. The minimum atomic E-state index is -0.280. The number of anilines is 2. The number of hydrogen-bond acceptors (Lipinski definition) is 3. The molecule has 0 aliphatic carbocycles. The third-order valence-electron chi connectivity index (χ3n) is 6.03. The van der Waals surface area contributed by atoms with Gasteiger partial charge in [0.05, 0.1) is 11.4 Å². The average molecular weight is 490 g/mol. The number of carbonyl (C=O) groups is 2. The number of rotatable bonds is 9. The Morgan fingerprint density at radius 1 is 0.972 bits per heavy atom. The van der Waals surface area contributed by atoms with Gasteiger partial charge in [0.2, 0.25) is 5.91 Å². The molecule has 0 spiro atoms. The first-order valence-corrected chi connectivity index (χ1v) is 12.7. The monoisotopic (exact) mass is 489 g/mol. The molecule has 1 aromatic heterocycles. The Hall–Kier alpha value is -3.61. The first-order chi connectivity index (χ1) is 17.1. The predicted molar refractivity (Wildman–Crippen MR) is 147 cm³/mol. The predicted octanol–water partition coefficient (Wildman–Crippen LogP) is 6.45. The van der Waals surface area contributed by atoms with Crippen LogP contribution in [0, 0.1) is 13.8 Å². The van der Waals surface area contributed by atoms with Gasteiger partial charge in [-0.05, 0) is 49.6 Å². The third-order valence-corrected chi connectivity index (χ3v) is 6.03. The normalized spacial score (nSPS) is 11.3. The zero-order chi connectivity index (χ0) is 26.3. The van der Waals surface area contributed by atoms with Gasteiger partial charge in [-0.3, -0.25) is 4.79 Å². The van der Waals surface area contributed by atoms with Crippen molar-refractivity contribution in [3.8, 4) is 5.69 Å². The maximum Gasteiger partial charge on any atom is 0.322 e. The summed E-state index contributed by atoms with van der Waals surface area (Å²) in [5.41, 5.74) is 4.38. The number of aryl methyl sites for hydroxylation is 2. The summed E-state index contributed by atoms with van der Waals surface area (Å²) in [6.45, 7) is 12.8. The third kappa shape index (κ3) is 7.20. The van der Waals surface area contributed by atoms with Gasteiger partial charge >= 0.3 is 6.03 Å². The Bertz CT molecular complexity index is 1190. The van der Waals surface area contributed by atoms with E-state index in [1.807, 2.05) is 68.4 Å². The second-order valence-corrected chi connectivity index (χ2v) is 10.3. The number of urea groups is 1. The molecule has 3 amide bonds. The van der Waals surface area contributed by atoms with E-state index in [2.05, 4.69) is 38.3 Å². The van der Waals surface area contributed by atoms with E-state index in [0.717, 1.165) is 47.5 Å². The van der Waals surface area contributed by atoms with Gasteiger partial charge < -0.3 is 15.5 Å². The highest BCUT2D eigenvalue weighted by molar-refractivity contribution is 5.97. The van der Waals surface area contributed by atoms with Crippen molar-refractivity contribution < 1.29 is 9.59 Å². The van der Waals surface area contributed by atoms with Gasteiger partial charge in [-0.1, -0.05) is 70.9 Å². The number of nitrogens with zero attached hydrogens (tertiary/aromatic N) is 3. The molecule has 3 rings (SSSR count). The van der Waals surface area contributed by atoms with E-state index in [4.69, 9.17) is 5.10 Å². The maximum absolute atomic E-state index is 13.2. The lowest BCUT2D eigenvalue weighted by molar-refractivity contribution is -0.116. The molecule has 0 aliphatic rings. The summed E-state index contributed by atoms with van der Waals surface area (Å²) in [6, 6.07) is 17.3. The van der Waals surface area contributed by atoms with Crippen LogP contribution < -0.4 is 10.6 Å². The molecule has 0 fully saturated rings. The lowest BCUT2D eigenvalue weighted by atomic mass is 9.92. The lowest BCUT2D eigenvalue weighted by Gasteiger charge is -2.23. The largest absolute Gasteiger partial charge is 0.322 e. The van der Waals surface area contributed by atoms with Gasteiger partial charge in [-0.25, -0.2) is 9.48 Å². The van der Waals surface area contributed by atoms with E-state index in [0.29, 0.717) is 12.4 Å². The number of hydrogen-bond donors (Lipinski definition) is 2. The number of carbonyl (C=O) groups excluding carboxylic acids is 2. The molecular weight excluding hydrogens is 450 g/mol. The fourth-order valence-electron chi connectivity index (χ4n) is 3.86. The Labute approximate surface area is 214 Å². The van der Waals surface area contributed by atoms with Gasteiger partial charge in [-0.15, -0.1) is 0 Å². The van der Waals surface area contributed by atoms with Crippen molar-refractivity contribution in [3.63, 3.8) is 0 Å². The number of aromatic nitrogens is 2. The summed E-state index contributed by atoms with van der Waals surface area (Å²) >= 11 is 0. The van der Waals surface area contributed by atoms with Gasteiger partial charge in [-0.2, -0.15) is 5.10 Å². The van der Waals surface area contributed by atoms with E-state index in [1.165, 1.54) is 0 Å².